The largest absolute Gasteiger partial charge is 0.272 e. The Morgan fingerprint density at radius 1 is 1.15 bits per heavy atom. The number of hydrogen-bond acceptors (Lipinski definition) is 7. The molecule has 0 bridgehead atoms. The van der Waals surface area contributed by atoms with Crippen LogP contribution in [0.15, 0.2) is 50.9 Å². The van der Waals surface area contributed by atoms with Gasteiger partial charge in [0.25, 0.3) is 5.91 Å². The first-order chi connectivity index (χ1) is 16.0. The van der Waals surface area contributed by atoms with Crippen molar-refractivity contribution in [3.63, 3.8) is 0 Å². The minimum atomic E-state index is -0.0254. The lowest BCUT2D eigenvalue weighted by Crippen LogP contribution is -2.32. The minimum Gasteiger partial charge on any atom is -0.272 e. The maximum absolute atomic E-state index is 13.5. The van der Waals surface area contributed by atoms with Gasteiger partial charge in [0.15, 0.2) is 5.16 Å². The van der Waals surface area contributed by atoms with Crippen LogP contribution in [-0.4, -0.2) is 32.3 Å². The second kappa shape index (κ2) is 9.52. The monoisotopic (exact) mass is 494 g/mol. The van der Waals surface area contributed by atoms with E-state index < -0.39 is 0 Å². The molecule has 0 N–H and O–H groups in total. The number of allylic oxidation sites excluding steroid dienone is 1. The minimum absolute atomic E-state index is 0.00950. The fourth-order valence-corrected chi connectivity index (χ4v) is 6.83. The van der Waals surface area contributed by atoms with Gasteiger partial charge in [0.2, 0.25) is 0 Å². The number of carbonyl (C=O) groups excluding carboxylic acids is 1. The molecule has 2 atom stereocenters. The van der Waals surface area contributed by atoms with E-state index in [1.165, 1.54) is 27.1 Å². The third kappa shape index (κ3) is 4.56. The van der Waals surface area contributed by atoms with Crippen LogP contribution in [0.3, 0.4) is 0 Å². The number of aromatic nitrogens is 2. The Labute approximate surface area is 206 Å². The van der Waals surface area contributed by atoms with Crippen molar-refractivity contribution in [2.24, 2.45) is 11.0 Å². The van der Waals surface area contributed by atoms with Crippen molar-refractivity contribution in [2.75, 3.05) is 5.75 Å². The van der Waals surface area contributed by atoms with Gasteiger partial charge in [0.1, 0.15) is 0 Å². The summed E-state index contributed by atoms with van der Waals surface area (Å²) in [6.45, 7) is 6.00. The van der Waals surface area contributed by atoms with Crippen LogP contribution >= 0.6 is 34.4 Å². The zero-order valence-electron chi connectivity index (χ0n) is 18.9. The molecule has 5 nitrogen and oxygen atoms in total. The van der Waals surface area contributed by atoms with E-state index in [-0.39, 0.29) is 23.6 Å². The Morgan fingerprint density at radius 2 is 1.91 bits per heavy atom. The summed E-state index contributed by atoms with van der Waals surface area (Å²) >= 11 is 4.84. The Morgan fingerprint density at radius 3 is 2.61 bits per heavy atom. The molecule has 2 unspecified atom stereocenters. The number of rotatable bonds is 5. The predicted octanol–water partition coefficient (Wildman–Crippen LogP) is 6.44. The fourth-order valence-electron chi connectivity index (χ4n) is 4.49. The summed E-state index contributed by atoms with van der Waals surface area (Å²) < 4.78 is 0. The molecule has 1 aliphatic heterocycles. The highest BCUT2D eigenvalue weighted by Crippen LogP contribution is 2.45. The highest BCUT2D eigenvalue weighted by atomic mass is 32.2. The van der Waals surface area contributed by atoms with Crippen molar-refractivity contribution in [3.05, 3.63) is 67.3 Å². The van der Waals surface area contributed by atoms with Crippen molar-refractivity contribution in [1.82, 2.24) is 15.0 Å². The molecule has 3 aromatic heterocycles. The van der Waals surface area contributed by atoms with E-state index in [0.29, 0.717) is 5.16 Å². The van der Waals surface area contributed by atoms with Gasteiger partial charge in [0, 0.05) is 27.1 Å². The van der Waals surface area contributed by atoms with E-state index in [0.717, 1.165) is 41.9 Å². The number of fused-ring (bicyclic) bond motifs is 1. The van der Waals surface area contributed by atoms with E-state index >= 15 is 0 Å². The number of aryl methyl sites for hydroxylation is 2. The van der Waals surface area contributed by atoms with Gasteiger partial charge in [-0.05, 0) is 80.1 Å². The average molecular weight is 495 g/mol. The molecule has 1 fully saturated rings. The van der Waals surface area contributed by atoms with E-state index in [1.807, 2.05) is 20.8 Å². The molecule has 5 rings (SSSR count). The second-order valence-corrected chi connectivity index (χ2v) is 11.4. The zero-order chi connectivity index (χ0) is 22.9. The molecule has 1 aliphatic carbocycles. The maximum Gasteiger partial charge on any atom is 0.253 e. The van der Waals surface area contributed by atoms with E-state index in [1.54, 1.807) is 27.7 Å². The number of carbonyl (C=O) groups is 1. The lowest BCUT2D eigenvalue weighted by molar-refractivity contribution is -0.130. The average Bonchev–Trinajstić information content (AvgIpc) is 3.56. The number of thioether (sulfide) groups is 1. The van der Waals surface area contributed by atoms with Crippen LogP contribution in [0.25, 0.3) is 6.08 Å². The van der Waals surface area contributed by atoms with E-state index in [9.17, 15) is 4.79 Å². The van der Waals surface area contributed by atoms with Gasteiger partial charge in [-0.15, -0.1) is 22.7 Å². The quantitative estimate of drug-likeness (QED) is 0.302. The van der Waals surface area contributed by atoms with Crippen molar-refractivity contribution < 1.29 is 4.79 Å². The summed E-state index contributed by atoms with van der Waals surface area (Å²) in [5.74, 6) is 0.532. The SMILES string of the molecule is Cc1nc(SCC(=O)N2N=C3/C(=C/c4cccs4)CCCC3C2c2cccs2)nc(C)c1C. The normalized spacial score (nSPS) is 21.4. The topological polar surface area (TPSA) is 58.5 Å². The summed E-state index contributed by atoms with van der Waals surface area (Å²) in [5, 5.41) is 11.5. The number of nitrogens with zero attached hydrogens (tertiary/aromatic N) is 4. The molecule has 4 heterocycles. The predicted molar refractivity (Wildman–Crippen MR) is 138 cm³/mol. The van der Waals surface area contributed by atoms with Crippen molar-refractivity contribution in [1.29, 1.82) is 0 Å². The van der Waals surface area contributed by atoms with Gasteiger partial charge in [-0.1, -0.05) is 23.9 Å². The molecule has 1 saturated carbocycles. The Hall–Kier alpha value is -2.29. The van der Waals surface area contributed by atoms with Crippen LogP contribution in [0.5, 0.6) is 0 Å². The van der Waals surface area contributed by atoms with E-state index in [4.69, 9.17) is 5.10 Å². The fraction of sp³-hybridized carbons (Fsp3) is 0.360. The molecule has 33 heavy (non-hydrogen) atoms. The van der Waals surface area contributed by atoms with Crippen molar-refractivity contribution >= 4 is 52.1 Å². The van der Waals surface area contributed by atoms with Gasteiger partial charge in [-0.2, -0.15) is 5.10 Å². The van der Waals surface area contributed by atoms with Crippen LogP contribution in [0.1, 0.15) is 52.0 Å². The molecule has 170 valence electrons. The maximum atomic E-state index is 13.5. The number of thiophene rings is 2. The Balaban J connectivity index is 1.42. The Bertz CT molecular complexity index is 1190. The molecular weight excluding hydrogens is 469 g/mol. The Kier molecular flexibility index (Phi) is 6.49. The van der Waals surface area contributed by atoms with E-state index in [2.05, 4.69) is 51.1 Å². The van der Waals surface area contributed by atoms with Gasteiger partial charge >= 0.3 is 0 Å². The van der Waals surface area contributed by atoms with Crippen molar-refractivity contribution in [2.45, 2.75) is 51.2 Å². The molecule has 2 aliphatic rings. The molecule has 3 aromatic rings. The van der Waals surface area contributed by atoms with Gasteiger partial charge in [-0.25, -0.2) is 15.0 Å². The van der Waals surface area contributed by atoms with Gasteiger partial charge < -0.3 is 0 Å². The number of hydrazone groups is 1. The first kappa shape index (κ1) is 22.5. The standard InChI is InChI=1S/C25H26N4OS3/c1-15-16(2)26-25(27-17(15)3)33-14-22(30)29-24(21-10-6-12-32-21)20-9-4-7-18(23(20)28-29)13-19-8-5-11-31-19/h5-6,8,10-13,20,24H,4,7,9,14H2,1-3H3/b18-13+. The van der Waals surface area contributed by atoms with Crippen LogP contribution in [0, 0.1) is 26.7 Å². The van der Waals surface area contributed by atoms with Crippen LogP contribution in [0.2, 0.25) is 0 Å². The smallest absolute Gasteiger partial charge is 0.253 e. The molecule has 0 aromatic carbocycles. The number of hydrogen-bond donors (Lipinski definition) is 0. The summed E-state index contributed by atoms with van der Waals surface area (Å²) in [6, 6.07) is 8.38. The first-order valence-corrected chi connectivity index (χ1v) is 13.9. The highest BCUT2D eigenvalue weighted by molar-refractivity contribution is 7.99. The highest BCUT2D eigenvalue weighted by Gasteiger charge is 2.44. The zero-order valence-corrected chi connectivity index (χ0v) is 21.4. The summed E-state index contributed by atoms with van der Waals surface area (Å²) in [7, 11) is 0. The van der Waals surface area contributed by atoms with Crippen LogP contribution in [0.4, 0.5) is 0 Å². The molecule has 0 spiro atoms. The third-order valence-corrected chi connectivity index (χ3v) is 8.98. The molecular formula is C25H26N4OS3. The summed E-state index contributed by atoms with van der Waals surface area (Å²) in [5.41, 5.74) is 5.38. The van der Waals surface area contributed by atoms with Gasteiger partial charge in [-0.3, -0.25) is 4.79 Å². The van der Waals surface area contributed by atoms with Crippen LogP contribution < -0.4 is 0 Å². The third-order valence-electron chi connectivity index (χ3n) is 6.39. The van der Waals surface area contributed by atoms with Gasteiger partial charge in [0.05, 0.1) is 17.5 Å². The van der Waals surface area contributed by atoms with Crippen LogP contribution in [-0.2, 0) is 4.79 Å². The molecule has 0 saturated heterocycles. The molecule has 1 amide bonds. The first-order valence-electron chi connectivity index (χ1n) is 11.1. The molecule has 0 radical (unpaired) electrons. The lowest BCUT2D eigenvalue weighted by Gasteiger charge is -2.28. The van der Waals surface area contributed by atoms with Crippen molar-refractivity contribution in [3.8, 4) is 0 Å². The summed E-state index contributed by atoms with van der Waals surface area (Å²) in [6.07, 6.45) is 5.45. The second-order valence-electron chi connectivity index (χ2n) is 8.46. The number of amides is 1. The summed E-state index contributed by atoms with van der Waals surface area (Å²) in [4.78, 5) is 25.0. The lowest BCUT2D eigenvalue weighted by atomic mass is 9.79. The molecule has 8 heteroatoms.